The van der Waals surface area contributed by atoms with Crippen molar-refractivity contribution in [1.82, 2.24) is 10.2 Å². The average molecular weight is 292 g/mol. The van der Waals surface area contributed by atoms with Crippen LogP contribution in [0.2, 0.25) is 0 Å². The number of carbonyl (C=O) groups is 2. The highest BCUT2D eigenvalue weighted by atomic mass is 16.7. The molecule has 0 aromatic heterocycles. The van der Waals surface area contributed by atoms with E-state index in [1.807, 2.05) is 13.8 Å². The molecule has 1 heterocycles. The van der Waals surface area contributed by atoms with Crippen molar-refractivity contribution >= 4 is 11.7 Å². The highest BCUT2D eigenvalue weighted by Crippen LogP contribution is 2.32. The van der Waals surface area contributed by atoms with E-state index in [4.69, 9.17) is 9.47 Å². The number of amides is 1. The quantitative estimate of drug-likeness (QED) is 0.761. The van der Waals surface area contributed by atoms with Crippen LogP contribution in [-0.2, 0) is 4.79 Å². The van der Waals surface area contributed by atoms with Crippen LogP contribution in [0.15, 0.2) is 18.2 Å². The lowest BCUT2D eigenvalue weighted by Crippen LogP contribution is -2.39. The zero-order chi connectivity index (χ0) is 15.2. The van der Waals surface area contributed by atoms with Crippen molar-refractivity contribution in [2.24, 2.45) is 0 Å². The highest BCUT2D eigenvalue weighted by Gasteiger charge is 2.18. The van der Waals surface area contributed by atoms with Crippen molar-refractivity contribution in [2.75, 3.05) is 33.0 Å². The molecule has 0 saturated heterocycles. The molecule has 1 N–H and O–H groups in total. The fraction of sp³-hybridized carbons (Fsp3) is 0.467. The van der Waals surface area contributed by atoms with E-state index in [1.165, 1.54) is 0 Å². The predicted octanol–water partition coefficient (Wildman–Crippen LogP) is 1.06. The Hall–Kier alpha value is -2.08. The van der Waals surface area contributed by atoms with Gasteiger partial charge in [0.1, 0.15) is 0 Å². The molecule has 21 heavy (non-hydrogen) atoms. The van der Waals surface area contributed by atoms with Gasteiger partial charge in [-0.1, -0.05) is 6.92 Å². The summed E-state index contributed by atoms with van der Waals surface area (Å²) in [6.07, 6.45) is 0. The summed E-state index contributed by atoms with van der Waals surface area (Å²) < 4.78 is 10.5. The van der Waals surface area contributed by atoms with Gasteiger partial charge >= 0.3 is 0 Å². The van der Waals surface area contributed by atoms with Crippen molar-refractivity contribution in [1.29, 1.82) is 0 Å². The minimum Gasteiger partial charge on any atom is -0.454 e. The number of ether oxygens (including phenoxy) is 2. The number of hydrogen-bond acceptors (Lipinski definition) is 5. The molecule has 0 saturated carbocycles. The van der Waals surface area contributed by atoms with Gasteiger partial charge in [0.05, 0.1) is 13.1 Å². The van der Waals surface area contributed by atoms with Gasteiger partial charge in [-0.15, -0.1) is 0 Å². The van der Waals surface area contributed by atoms with Gasteiger partial charge in [0.25, 0.3) is 0 Å². The maximum Gasteiger partial charge on any atom is 0.234 e. The molecule has 0 atom stereocenters. The Bertz CT molecular complexity index is 530. The van der Waals surface area contributed by atoms with Crippen molar-refractivity contribution in [2.45, 2.75) is 13.8 Å². The number of nitrogens with zero attached hydrogens (tertiary/aromatic N) is 1. The Morgan fingerprint density at radius 3 is 2.67 bits per heavy atom. The number of fused-ring (bicyclic) bond motifs is 1. The third-order valence-electron chi connectivity index (χ3n) is 3.25. The molecule has 114 valence electrons. The minimum absolute atomic E-state index is 0.0422. The summed E-state index contributed by atoms with van der Waals surface area (Å²) >= 11 is 0. The summed E-state index contributed by atoms with van der Waals surface area (Å²) in [5, 5.41) is 2.73. The van der Waals surface area contributed by atoms with Crippen molar-refractivity contribution < 1.29 is 19.1 Å². The zero-order valence-electron chi connectivity index (χ0n) is 12.3. The van der Waals surface area contributed by atoms with Crippen LogP contribution >= 0.6 is 0 Å². The summed E-state index contributed by atoms with van der Waals surface area (Å²) in [6, 6.07) is 5.13. The van der Waals surface area contributed by atoms with Crippen LogP contribution in [0.5, 0.6) is 11.5 Å². The van der Waals surface area contributed by atoms with E-state index in [-0.39, 0.29) is 31.6 Å². The van der Waals surface area contributed by atoms with Crippen molar-refractivity contribution in [3.05, 3.63) is 23.8 Å². The largest absolute Gasteiger partial charge is 0.454 e. The molecular weight excluding hydrogens is 272 g/mol. The number of hydrogen-bond donors (Lipinski definition) is 1. The summed E-state index contributed by atoms with van der Waals surface area (Å²) in [5.41, 5.74) is 0.564. The topological polar surface area (TPSA) is 67.9 Å². The summed E-state index contributed by atoms with van der Waals surface area (Å²) in [5.74, 6) is 1.13. The zero-order valence-corrected chi connectivity index (χ0v) is 12.3. The molecule has 6 heteroatoms. The number of Topliss-reactive ketones (excluding diaryl/α,β-unsaturated/α-hetero) is 1. The fourth-order valence-corrected chi connectivity index (χ4v) is 2.10. The van der Waals surface area contributed by atoms with Gasteiger partial charge in [0, 0.05) is 12.1 Å². The van der Waals surface area contributed by atoms with Gasteiger partial charge in [0.2, 0.25) is 12.7 Å². The molecule has 6 nitrogen and oxygen atoms in total. The van der Waals surface area contributed by atoms with E-state index in [0.717, 1.165) is 0 Å². The number of likely N-dealkylation sites (N-methyl/N-ethyl adjacent to an activating group) is 2. The van der Waals surface area contributed by atoms with Gasteiger partial charge in [-0.3, -0.25) is 14.5 Å². The van der Waals surface area contributed by atoms with E-state index in [9.17, 15) is 9.59 Å². The molecule has 0 bridgehead atoms. The molecule has 0 fully saturated rings. The summed E-state index contributed by atoms with van der Waals surface area (Å²) in [6.45, 7) is 5.62. The van der Waals surface area contributed by atoms with Crippen LogP contribution in [0.3, 0.4) is 0 Å². The Kier molecular flexibility index (Phi) is 5.16. The molecule has 0 aliphatic carbocycles. The number of carbonyl (C=O) groups excluding carboxylic acids is 2. The van der Waals surface area contributed by atoms with Gasteiger partial charge in [0.15, 0.2) is 17.3 Å². The Labute approximate surface area is 124 Å². The van der Waals surface area contributed by atoms with E-state index in [2.05, 4.69) is 5.32 Å². The lowest BCUT2D eigenvalue weighted by atomic mass is 10.1. The Morgan fingerprint density at radius 2 is 1.95 bits per heavy atom. The van der Waals surface area contributed by atoms with Crippen LogP contribution < -0.4 is 14.8 Å². The van der Waals surface area contributed by atoms with E-state index >= 15 is 0 Å². The van der Waals surface area contributed by atoms with Crippen LogP contribution in [0.4, 0.5) is 0 Å². The maximum atomic E-state index is 12.3. The Balaban J connectivity index is 1.97. The molecule has 1 aromatic rings. The second-order valence-corrected chi connectivity index (χ2v) is 4.75. The second-order valence-electron chi connectivity index (χ2n) is 4.75. The lowest BCUT2D eigenvalue weighted by Gasteiger charge is -2.18. The molecule has 1 aromatic carbocycles. The standard InChI is InChI=1S/C15H20N2O4/c1-3-16-15(19)9-17(4-2)8-12(18)11-5-6-13-14(7-11)21-10-20-13/h5-7H,3-4,8-10H2,1-2H3,(H,16,19). The van der Waals surface area contributed by atoms with E-state index < -0.39 is 0 Å². The Morgan fingerprint density at radius 1 is 1.19 bits per heavy atom. The fourth-order valence-electron chi connectivity index (χ4n) is 2.10. The maximum absolute atomic E-state index is 12.3. The van der Waals surface area contributed by atoms with Gasteiger partial charge in [-0.2, -0.15) is 0 Å². The van der Waals surface area contributed by atoms with Crippen molar-refractivity contribution in [3.63, 3.8) is 0 Å². The van der Waals surface area contributed by atoms with E-state index in [1.54, 1.807) is 23.1 Å². The van der Waals surface area contributed by atoms with Gasteiger partial charge in [-0.05, 0) is 31.7 Å². The molecule has 0 unspecified atom stereocenters. The SMILES string of the molecule is CCNC(=O)CN(CC)CC(=O)c1ccc2c(c1)OCO2. The smallest absolute Gasteiger partial charge is 0.234 e. The third kappa shape index (κ3) is 3.95. The van der Waals surface area contributed by atoms with Crippen LogP contribution in [0, 0.1) is 0 Å². The summed E-state index contributed by atoms with van der Waals surface area (Å²) in [4.78, 5) is 25.7. The monoisotopic (exact) mass is 292 g/mol. The number of nitrogens with one attached hydrogen (secondary N) is 1. The molecular formula is C15H20N2O4. The summed E-state index contributed by atoms with van der Waals surface area (Å²) in [7, 11) is 0. The minimum atomic E-state index is -0.0714. The van der Waals surface area contributed by atoms with Crippen LogP contribution in [0.25, 0.3) is 0 Å². The first-order chi connectivity index (χ1) is 10.1. The first-order valence-electron chi connectivity index (χ1n) is 7.06. The molecule has 2 rings (SSSR count). The molecule has 1 aliphatic rings. The number of ketones is 1. The first-order valence-corrected chi connectivity index (χ1v) is 7.06. The molecule has 1 aliphatic heterocycles. The van der Waals surface area contributed by atoms with Crippen LogP contribution in [0.1, 0.15) is 24.2 Å². The van der Waals surface area contributed by atoms with E-state index in [0.29, 0.717) is 30.2 Å². The van der Waals surface area contributed by atoms with Gasteiger partial charge < -0.3 is 14.8 Å². The molecule has 1 amide bonds. The lowest BCUT2D eigenvalue weighted by molar-refractivity contribution is -0.121. The van der Waals surface area contributed by atoms with Crippen molar-refractivity contribution in [3.8, 4) is 11.5 Å². The average Bonchev–Trinajstić information content (AvgIpc) is 2.93. The van der Waals surface area contributed by atoms with Gasteiger partial charge in [-0.25, -0.2) is 0 Å². The third-order valence-corrected chi connectivity index (χ3v) is 3.25. The normalized spacial score (nSPS) is 12.5. The highest BCUT2D eigenvalue weighted by molar-refractivity contribution is 5.98. The predicted molar refractivity (Wildman–Crippen MR) is 77.7 cm³/mol. The second kappa shape index (κ2) is 7.08. The first kappa shape index (κ1) is 15.3. The number of benzene rings is 1. The molecule has 0 radical (unpaired) electrons. The molecule has 0 spiro atoms. The van der Waals surface area contributed by atoms with Crippen LogP contribution in [-0.4, -0.2) is 49.6 Å². The number of rotatable bonds is 7.